The Hall–Kier alpha value is -3.53. The summed E-state index contributed by atoms with van der Waals surface area (Å²) in [5, 5.41) is 0. The fourth-order valence-electron chi connectivity index (χ4n) is 3.35. The molecule has 0 saturated heterocycles. The molecular formula is C23H29N5O4S. The third-order valence-corrected chi connectivity index (χ3v) is 6.10. The van der Waals surface area contributed by atoms with Crippen LogP contribution in [0.15, 0.2) is 42.6 Å². The molecule has 0 aliphatic rings. The van der Waals surface area contributed by atoms with Crippen molar-refractivity contribution in [3.05, 3.63) is 53.7 Å². The Kier molecular flexibility index (Phi) is 7.59. The van der Waals surface area contributed by atoms with Crippen LogP contribution in [0.3, 0.4) is 0 Å². The summed E-state index contributed by atoms with van der Waals surface area (Å²) in [6.07, 6.45) is 3.09. The van der Waals surface area contributed by atoms with Gasteiger partial charge in [-0.15, -0.1) is 0 Å². The van der Waals surface area contributed by atoms with Gasteiger partial charge in [0, 0.05) is 23.9 Å². The van der Waals surface area contributed by atoms with Gasteiger partial charge >= 0.3 is 10.1 Å². The summed E-state index contributed by atoms with van der Waals surface area (Å²) >= 11 is 0. The Morgan fingerprint density at radius 3 is 2.45 bits per heavy atom. The van der Waals surface area contributed by atoms with Crippen LogP contribution in [0.2, 0.25) is 0 Å². The number of nitrogens with zero attached hydrogens (tertiary/aromatic N) is 2. The van der Waals surface area contributed by atoms with Gasteiger partial charge in [0.2, 0.25) is 5.95 Å². The molecule has 3 aromatic rings. The molecule has 3 rings (SSSR count). The summed E-state index contributed by atoms with van der Waals surface area (Å²) in [6.45, 7) is 4.13. The molecule has 0 radical (unpaired) electrons. The van der Waals surface area contributed by atoms with Crippen LogP contribution < -0.4 is 26.1 Å². The molecule has 10 heteroatoms. The van der Waals surface area contributed by atoms with Crippen molar-refractivity contribution in [3.8, 4) is 22.6 Å². The monoisotopic (exact) mass is 471 g/mol. The topological polar surface area (TPSA) is 156 Å². The lowest BCUT2D eigenvalue weighted by molar-refractivity contribution is 0.340. The van der Waals surface area contributed by atoms with Crippen LogP contribution in [-0.4, -0.2) is 30.7 Å². The molecule has 6 N–H and O–H groups in total. The lowest BCUT2D eigenvalue weighted by atomic mass is 9.98. The first-order valence-corrected chi connectivity index (χ1v) is 12.2. The normalized spacial score (nSPS) is 11.3. The van der Waals surface area contributed by atoms with E-state index in [1.54, 1.807) is 30.5 Å². The van der Waals surface area contributed by atoms with Crippen molar-refractivity contribution in [2.75, 3.05) is 29.6 Å². The number of nitrogen functional groups attached to an aromatic ring is 3. The number of benzene rings is 2. The second-order valence-electron chi connectivity index (χ2n) is 7.54. The Labute approximate surface area is 194 Å². The maximum absolute atomic E-state index is 12.7. The van der Waals surface area contributed by atoms with E-state index in [4.69, 9.17) is 26.1 Å². The number of nitrogens with two attached hydrogens (primary N) is 3. The van der Waals surface area contributed by atoms with E-state index in [0.717, 1.165) is 6.42 Å². The van der Waals surface area contributed by atoms with Crippen LogP contribution in [0.5, 0.6) is 11.5 Å². The Morgan fingerprint density at radius 2 is 1.79 bits per heavy atom. The zero-order valence-corrected chi connectivity index (χ0v) is 19.6. The number of unbranched alkanes of at least 4 members (excludes halogenated alkanes) is 1. The van der Waals surface area contributed by atoms with E-state index in [9.17, 15) is 8.42 Å². The molecule has 0 bridgehead atoms. The van der Waals surface area contributed by atoms with Crippen LogP contribution in [0, 0.1) is 0 Å². The van der Waals surface area contributed by atoms with Crippen LogP contribution in [-0.2, 0) is 16.5 Å². The number of rotatable bonds is 10. The maximum Gasteiger partial charge on any atom is 0.309 e. The predicted octanol–water partition coefficient (Wildman–Crippen LogP) is 3.39. The summed E-state index contributed by atoms with van der Waals surface area (Å²) in [5.74, 6) is 0.865. The van der Waals surface area contributed by atoms with Gasteiger partial charge in [-0.25, -0.2) is 4.98 Å². The first kappa shape index (κ1) is 24.1. The molecule has 9 nitrogen and oxygen atoms in total. The van der Waals surface area contributed by atoms with Crippen molar-refractivity contribution in [3.63, 3.8) is 0 Å². The first-order chi connectivity index (χ1) is 15.7. The molecule has 33 heavy (non-hydrogen) atoms. The summed E-state index contributed by atoms with van der Waals surface area (Å²) < 4.78 is 36.9. The van der Waals surface area contributed by atoms with Gasteiger partial charge in [-0.1, -0.05) is 25.5 Å². The van der Waals surface area contributed by atoms with Gasteiger partial charge < -0.3 is 26.1 Å². The highest BCUT2D eigenvalue weighted by atomic mass is 32.2. The Bertz CT molecular complexity index is 1230. The van der Waals surface area contributed by atoms with Gasteiger partial charge in [-0.05, 0) is 48.7 Å². The van der Waals surface area contributed by atoms with Gasteiger partial charge in [-0.2, -0.15) is 13.4 Å². The lowest BCUT2D eigenvalue weighted by Crippen LogP contribution is -2.15. The van der Waals surface area contributed by atoms with E-state index in [1.165, 1.54) is 0 Å². The molecule has 0 atom stereocenters. The molecule has 0 spiro atoms. The highest BCUT2D eigenvalue weighted by Gasteiger charge is 2.22. The molecule has 0 aliphatic heterocycles. The molecular weight excluding hydrogens is 442 g/mol. The zero-order chi connectivity index (χ0) is 24.0. The lowest BCUT2D eigenvalue weighted by Gasteiger charge is -2.18. The number of hydrogen-bond acceptors (Lipinski definition) is 9. The first-order valence-electron chi connectivity index (χ1n) is 10.7. The molecule has 0 aliphatic carbocycles. The fraction of sp³-hybridized carbons (Fsp3) is 0.304. The maximum atomic E-state index is 12.7. The highest BCUT2D eigenvalue weighted by molar-refractivity contribution is 7.87. The Morgan fingerprint density at radius 1 is 1.03 bits per heavy atom. The number of aromatic nitrogens is 2. The van der Waals surface area contributed by atoms with E-state index in [0.29, 0.717) is 53.1 Å². The fourth-order valence-corrected chi connectivity index (χ4v) is 4.48. The average Bonchev–Trinajstić information content (AvgIpc) is 2.74. The van der Waals surface area contributed by atoms with E-state index in [2.05, 4.69) is 9.97 Å². The third kappa shape index (κ3) is 6.26. The highest BCUT2D eigenvalue weighted by Crippen LogP contribution is 2.41. The van der Waals surface area contributed by atoms with E-state index < -0.39 is 10.1 Å². The minimum absolute atomic E-state index is 0.0781. The molecule has 1 aromatic heterocycles. The van der Waals surface area contributed by atoms with E-state index >= 15 is 0 Å². The summed E-state index contributed by atoms with van der Waals surface area (Å²) in [5.41, 5.74) is 20.7. The van der Waals surface area contributed by atoms with Crippen LogP contribution in [0.25, 0.3) is 11.1 Å². The SMILES string of the molecule is CCCCS(=O)(=O)Oc1cc(Cc2cnc(N)nc2N)cc(OCC)c1-c1cccc(N)c1. The van der Waals surface area contributed by atoms with Gasteiger partial charge in [0.15, 0.2) is 5.75 Å². The van der Waals surface area contributed by atoms with Crippen molar-refractivity contribution in [1.82, 2.24) is 9.97 Å². The van der Waals surface area contributed by atoms with E-state index in [-0.39, 0.29) is 23.3 Å². The number of anilines is 3. The second kappa shape index (κ2) is 10.4. The predicted molar refractivity (Wildman–Crippen MR) is 130 cm³/mol. The number of hydrogen-bond donors (Lipinski definition) is 3. The van der Waals surface area contributed by atoms with Gasteiger partial charge in [0.1, 0.15) is 11.6 Å². The van der Waals surface area contributed by atoms with Gasteiger partial charge in [-0.3, -0.25) is 0 Å². The average molecular weight is 472 g/mol. The Balaban J connectivity index is 2.15. The quantitative estimate of drug-likeness (QED) is 0.298. The summed E-state index contributed by atoms with van der Waals surface area (Å²) in [6, 6.07) is 10.6. The van der Waals surface area contributed by atoms with Crippen molar-refractivity contribution in [2.45, 2.75) is 33.1 Å². The van der Waals surface area contributed by atoms with E-state index in [1.807, 2.05) is 26.0 Å². The van der Waals surface area contributed by atoms with Crippen LogP contribution in [0.1, 0.15) is 37.8 Å². The standard InChI is InChI=1S/C23H29N5O4S/c1-3-5-9-33(29,30)32-20-12-15(10-17-14-27-23(26)28-22(17)25)11-19(31-4-2)21(20)16-7-6-8-18(24)13-16/h6-8,11-14H,3-5,9-10,24H2,1-2H3,(H4,25,26,27,28). The zero-order valence-electron chi connectivity index (χ0n) is 18.7. The van der Waals surface area contributed by atoms with Gasteiger partial charge in [0.05, 0.1) is 17.9 Å². The van der Waals surface area contributed by atoms with Gasteiger partial charge in [0.25, 0.3) is 0 Å². The smallest absolute Gasteiger partial charge is 0.309 e. The van der Waals surface area contributed by atoms with Crippen molar-refractivity contribution in [1.29, 1.82) is 0 Å². The molecule has 0 fully saturated rings. The molecule has 1 heterocycles. The summed E-state index contributed by atoms with van der Waals surface area (Å²) in [7, 11) is -3.83. The molecule has 2 aromatic carbocycles. The van der Waals surface area contributed by atoms with Crippen molar-refractivity contribution >= 4 is 27.6 Å². The molecule has 176 valence electrons. The van der Waals surface area contributed by atoms with Crippen LogP contribution >= 0.6 is 0 Å². The third-order valence-electron chi connectivity index (χ3n) is 4.88. The molecule has 0 amide bonds. The van der Waals surface area contributed by atoms with Crippen LogP contribution in [0.4, 0.5) is 17.5 Å². The molecule has 0 unspecified atom stereocenters. The second-order valence-corrected chi connectivity index (χ2v) is 9.23. The largest absolute Gasteiger partial charge is 0.493 e. The minimum atomic E-state index is -3.83. The number of ether oxygens (including phenoxy) is 1. The molecule has 0 saturated carbocycles. The van der Waals surface area contributed by atoms with Crippen molar-refractivity contribution in [2.24, 2.45) is 0 Å². The summed E-state index contributed by atoms with van der Waals surface area (Å²) in [4.78, 5) is 7.99. The minimum Gasteiger partial charge on any atom is -0.493 e. The van der Waals surface area contributed by atoms with Crippen molar-refractivity contribution < 1.29 is 17.3 Å².